The second kappa shape index (κ2) is 9.50. The largest absolute Gasteiger partial charge is 0.416 e. The van der Waals surface area contributed by atoms with Crippen molar-refractivity contribution in [3.8, 4) is 0 Å². The van der Waals surface area contributed by atoms with Gasteiger partial charge in [0, 0.05) is 13.0 Å². The van der Waals surface area contributed by atoms with Gasteiger partial charge in [-0.05, 0) is 36.1 Å². The van der Waals surface area contributed by atoms with Crippen LogP contribution in [-0.4, -0.2) is 21.4 Å². The van der Waals surface area contributed by atoms with Gasteiger partial charge in [0.05, 0.1) is 5.25 Å². The number of amides is 1. The standard InChI is InChI=1S/C21H22FN3O2S/c1-14(17-6-4-3-5-7-17)12-19-24-25-21(27-19)28-15(2)20(26)23-13-16-8-10-18(22)11-9-16/h3-11,14-15H,12-13H2,1-2H3,(H,23,26). The topological polar surface area (TPSA) is 68.0 Å². The van der Waals surface area contributed by atoms with E-state index in [2.05, 4.69) is 34.6 Å². The predicted molar refractivity (Wildman–Crippen MR) is 106 cm³/mol. The van der Waals surface area contributed by atoms with Crippen LogP contribution < -0.4 is 5.32 Å². The first-order valence-electron chi connectivity index (χ1n) is 9.07. The van der Waals surface area contributed by atoms with Gasteiger partial charge in [0.25, 0.3) is 5.22 Å². The number of hydrogen-bond acceptors (Lipinski definition) is 5. The molecule has 146 valence electrons. The van der Waals surface area contributed by atoms with E-state index in [1.807, 2.05) is 18.2 Å². The lowest BCUT2D eigenvalue weighted by molar-refractivity contribution is -0.120. The van der Waals surface area contributed by atoms with E-state index in [1.54, 1.807) is 19.1 Å². The molecule has 3 rings (SSSR count). The molecule has 2 aromatic carbocycles. The lowest BCUT2D eigenvalue weighted by Gasteiger charge is -2.10. The summed E-state index contributed by atoms with van der Waals surface area (Å²) in [6.07, 6.45) is 0.642. The second-order valence-electron chi connectivity index (χ2n) is 6.58. The maximum atomic E-state index is 12.9. The van der Waals surface area contributed by atoms with Gasteiger partial charge in [-0.1, -0.05) is 61.2 Å². The molecular weight excluding hydrogens is 377 g/mol. The zero-order valence-electron chi connectivity index (χ0n) is 15.8. The van der Waals surface area contributed by atoms with Crippen LogP contribution in [0.1, 0.15) is 36.8 Å². The maximum Gasteiger partial charge on any atom is 0.277 e. The van der Waals surface area contributed by atoms with E-state index < -0.39 is 0 Å². The minimum atomic E-state index is -0.389. The van der Waals surface area contributed by atoms with Crippen molar-refractivity contribution in [2.24, 2.45) is 0 Å². The predicted octanol–water partition coefficient (Wildman–Crippen LogP) is 4.35. The van der Waals surface area contributed by atoms with E-state index >= 15 is 0 Å². The summed E-state index contributed by atoms with van der Waals surface area (Å²) in [6.45, 7) is 4.23. The van der Waals surface area contributed by atoms with Crippen molar-refractivity contribution in [1.29, 1.82) is 0 Å². The van der Waals surface area contributed by atoms with Gasteiger partial charge >= 0.3 is 0 Å². The molecule has 0 spiro atoms. The highest BCUT2D eigenvalue weighted by Gasteiger charge is 2.19. The van der Waals surface area contributed by atoms with E-state index in [-0.39, 0.29) is 22.9 Å². The van der Waals surface area contributed by atoms with Crippen LogP contribution in [0.4, 0.5) is 4.39 Å². The van der Waals surface area contributed by atoms with Crippen molar-refractivity contribution in [2.45, 2.75) is 43.2 Å². The van der Waals surface area contributed by atoms with Crippen molar-refractivity contribution in [3.05, 3.63) is 77.4 Å². The first-order chi connectivity index (χ1) is 13.5. The third-order valence-corrected chi connectivity index (χ3v) is 5.26. The third-order valence-electron chi connectivity index (χ3n) is 4.32. The van der Waals surface area contributed by atoms with Gasteiger partial charge in [-0.3, -0.25) is 4.79 Å². The fourth-order valence-electron chi connectivity index (χ4n) is 2.67. The van der Waals surface area contributed by atoms with Crippen molar-refractivity contribution in [3.63, 3.8) is 0 Å². The number of carbonyl (C=O) groups excluding carboxylic acids is 1. The molecule has 0 saturated carbocycles. The van der Waals surface area contributed by atoms with Gasteiger partial charge in [0.1, 0.15) is 5.82 Å². The lowest BCUT2D eigenvalue weighted by Crippen LogP contribution is -2.30. The number of hydrogen-bond donors (Lipinski definition) is 1. The fourth-order valence-corrected chi connectivity index (χ4v) is 3.39. The summed E-state index contributed by atoms with van der Waals surface area (Å²) in [4.78, 5) is 12.3. The molecule has 28 heavy (non-hydrogen) atoms. The number of thioether (sulfide) groups is 1. The summed E-state index contributed by atoms with van der Waals surface area (Å²) < 4.78 is 18.6. The van der Waals surface area contributed by atoms with Crippen LogP contribution in [0.5, 0.6) is 0 Å². The SMILES string of the molecule is CC(Sc1nnc(CC(C)c2ccccc2)o1)C(=O)NCc1ccc(F)cc1. The second-order valence-corrected chi connectivity index (χ2v) is 7.87. The monoisotopic (exact) mass is 399 g/mol. The molecule has 5 nitrogen and oxygen atoms in total. The number of nitrogens with one attached hydrogen (secondary N) is 1. The molecule has 1 heterocycles. The summed E-state index contributed by atoms with van der Waals surface area (Å²) >= 11 is 1.22. The van der Waals surface area contributed by atoms with Gasteiger partial charge in [0.2, 0.25) is 11.8 Å². The molecule has 1 N–H and O–H groups in total. The molecule has 0 aliphatic rings. The Balaban J connectivity index is 1.49. The Kier molecular flexibility index (Phi) is 6.81. The first-order valence-corrected chi connectivity index (χ1v) is 9.95. The summed E-state index contributed by atoms with van der Waals surface area (Å²) in [6, 6.07) is 16.2. The van der Waals surface area contributed by atoms with Crippen molar-refractivity contribution >= 4 is 17.7 Å². The third kappa shape index (κ3) is 5.66. The summed E-state index contributed by atoms with van der Waals surface area (Å²) in [5.41, 5.74) is 2.05. The number of halogens is 1. The number of nitrogens with zero attached hydrogens (tertiary/aromatic N) is 2. The molecule has 0 aliphatic carbocycles. The number of aromatic nitrogens is 2. The van der Waals surface area contributed by atoms with E-state index in [9.17, 15) is 9.18 Å². The average molecular weight is 399 g/mol. The van der Waals surface area contributed by atoms with Gasteiger partial charge in [-0.2, -0.15) is 0 Å². The van der Waals surface area contributed by atoms with E-state index in [0.29, 0.717) is 24.1 Å². The maximum absolute atomic E-state index is 12.9. The van der Waals surface area contributed by atoms with Crippen LogP contribution in [0, 0.1) is 5.82 Å². The highest BCUT2D eigenvalue weighted by Crippen LogP contribution is 2.25. The van der Waals surface area contributed by atoms with E-state index in [4.69, 9.17) is 4.42 Å². The lowest BCUT2D eigenvalue weighted by atomic mass is 9.98. The van der Waals surface area contributed by atoms with Gasteiger partial charge in [-0.15, -0.1) is 10.2 Å². The van der Waals surface area contributed by atoms with Gasteiger partial charge in [0.15, 0.2) is 0 Å². The molecule has 1 amide bonds. The molecule has 0 radical (unpaired) electrons. The number of rotatable bonds is 8. The highest BCUT2D eigenvalue weighted by molar-refractivity contribution is 8.00. The van der Waals surface area contributed by atoms with Crippen molar-refractivity contribution < 1.29 is 13.6 Å². The Morgan fingerprint density at radius 1 is 1.11 bits per heavy atom. The van der Waals surface area contributed by atoms with Crippen LogP contribution in [-0.2, 0) is 17.8 Å². The van der Waals surface area contributed by atoms with Crippen LogP contribution >= 0.6 is 11.8 Å². The number of carbonyl (C=O) groups is 1. The number of benzene rings is 2. The molecule has 0 aliphatic heterocycles. The van der Waals surface area contributed by atoms with Gasteiger partial charge < -0.3 is 9.73 Å². The van der Waals surface area contributed by atoms with E-state index in [0.717, 1.165) is 5.56 Å². The minimum absolute atomic E-state index is 0.147. The quantitative estimate of drug-likeness (QED) is 0.570. The van der Waals surface area contributed by atoms with Gasteiger partial charge in [-0.25, -0.2) is 4.39 Å². The summed E-state index contributed by atoms with van der Waals surface area (Å²) in [7, 11) is 0. The molecule has 2 atom stereocenters. The molecule has 3 aromatic rings. The van der Waals surface area contributed by atoms with Crippen LogP contribution in [0.2, 0.25) is 0 Å². The fraction of sp³-hybridized carbons (Fsp3) is 0.286. The normalized spacial score (nSPS) is 13.1. The minimum Gasteiger partial charge on any atom is -0.416 e. The summed E-state index contributed by atoms with van der Waals surface area (Å²) in [5.74, 6) is 0.369. The Labute approximate surface area is 167 Å². The smallest absolute Gasteiger partial charge is 0.277 e. The van der Waals surface area contributed by atoms with Crippen molar-refractivity contribution in [1.82, 2.24) is 15.5 Å². The molecule has 1 aromatic heterocycles. The average Bonchev–Trinajstić information content (AvgIpc) is 3.14. The van der Waals surface area contributed by atoms with Crippen molar-refractivity contribution in [2.75, 3.05) is 0 Å². The highest BCUT2D eigenvalue weighted by atomic mass is 32.2. The Morgan fingerprint density at radius 2 is 1.82 bits per heavy atom. The zero-order valence-corrected chi connectivity index (χ0v) is 16.6. The molecule has 0 saturated heterocycles. The zero-order chi connectivity index (χ0) is 19.9. The van der Waals surface area contributed by atoms with Crippen LogP contribution in [0.25, 0.3) is 0 Å². The first kappa shape index (κ1) is 20.1. The summed E-state index contributed by atoms with van der Waals surface area (Å²) in [5, 5.41) is 10.9. The molecule has 0 bridgehead atoms. The van der Waals surface area contributed by atoms with Crippen LogP contribution in [0.15, 0.2) is 64.2 Å². The molecule has 0 fully saturated rings. The molecular formula is C21H22FN3O2S. The molecule has 2 unspecified atom stereocenters. The Bertz CT molecular complexity index is 900. The Hall–Kier alpha value is -2.67. The molecule has 7 heteroatoms. The van der Waals surface area contributed by atoms with E-state index in [1.165, 1.54) is 29.5 Å². The van der Waals surface area contributed by atoms with Crippen LogP contribution in [0.3, 0.4) is 0 Å². The Morgan fingerprint density at radius 3 is 2.54 bits per heavy atom.